The number of hydrogen-bond donors (Lipinski definition) is 2. The summed E-state index contributed by atoms with van der Waals surface area (Å²) in [6.45, 7) is 7.34. The summed E-state index contributed by atoms with van der Waals surface area (Å²) in [6, 6.07) is 4.18. The molecule has 0 saturated heterocycles. The molecule has 3 N–H and O–H groups in total. The van der Waals surface area contributed by atoms with Crippen molar-refractivity contribution in [1.29, 1.82) is 0 Å². The first-order chi connectivity index (χ1) is 7.90. The molecule has 4 heteroatoms. The summed E-state index contributed by atoms with van der Waals surface area (Å²) >= 11 is 0. The molecule has 0 aliphatic carbocycles. The lowest BCUT2D eigenvalue weighted by atomic mass is 10.0. The first-order valence-corrected chi connectivity index (χ1v) is 6.04. The number of hydrogen-bond acceptors (Lipinski definition) is 4. The normalized spacial score (nSPS) is 13.1. The summed E-state index contributed by atoms with van der Waals surface area (Å²) < 4.78 is 0. The largest absolute Gasteiger partial charge is 0.396 e. The van der Waals surface area contributed by atoms with Gasteiger partial charge in [-0.15, -0.1) is 0 Å². The van der Waals surface area contributed by atoms with Gasteiger partial charge in [0.05, 0.1) is 5.69 Å². The topological polar surface area (TPSA) is 54.2 Å². The van der Waals surface area contributed by atoms with Crippen LogP contribution in [-0.2, 0) is 0 Å². The molecule has 0 aromatic carbocycles. The van der Waals surface area contributed by atoms with Gasteiger partial charge in [-0.2, -0.15) is 0 Å². The monoisotopic (exact) mass is 236 g/mol. The summed E-state index contributed by atoms with van der Waals surface area (Å²) in [7, 11) is 4.15. The SMILES string of the molecule is Cc1ccc(N)c(NC(CN(C)C)C(C)C)n1. The van der Waals surface area contributed by atoms with Crippen molar-refractivity contribution < 1.29 is 0 Å². The van der Waals surface area contributed by atoms with Crippen LogP contribution in [0.3, 0.4) is 0 Å². The van der Waals surface area contributed by atoms with Crippen molar-refractivity contribution in [2.24, 2.45) is 5.92 Å². The van der Waals surface area contributed by atoms with Crippen LogP contribution in [0.4, 0.5) is 11.5 Å². The molecule has 4 nitrogen and oxygen atoms in total. The summed E-state index contributed by atoms with van der Waals surface area (Å²) in [5, 5.41) is 3.44. The molecule has 1 atom stereocenters. The fraction of sp³-hybridized carbons (Fsp3) is 0.615. The summed E-state index contributed by atoms with van der Waals surface area (Å²) in [6.07, 6.45) is 0. The van der Waals surface area contributed by atoms with Crippen LogP contribution in [0.15, 0.2) is 12.1 Å². The molecular formula is C13H24N4. The van der Waals surface area contributed by atoms with Crippen LogP contribution in [0.25, 0.3) is 0 Å². The van der Waals surface area contributed by atoms with E-state index in [9.17, 15) is 0 Å². The van der Waals surface area contributed by atoms with Gasteiger partial charge < -0.3 is 16.0 Å². The number of aromatic nitrogens is 1. The molecule has 0 fully saturated rings. The van der Waals surface area contributed by atoms with E-state index in [-0.39, 0.29) is 0 Å². The minimum Gasteiger partial charge on any atom is -0.396 e. The lowest BCUT2D eigenvalue weighted by Gasteiger charge is -2.26. The van der Waals surface area contributed by atoms with E-state index in [4.69, 9.17) is 5.73 Å². The van der Waals surface area contributed by atoms with Crippen LogP contribution < -0.4 is 11.1 Å². The van der Waals surface area contributed by atoms with Gasteiger partial charge in [0.2, 0.25) is 0 Å². The molecule has 0 bridgehead atoms. The van der Waals surface area contributed by atoms with Gasteiger partial charge in [-0.3, -0.25) is 0 Å². The van der Waals surface area contributed by atoms with Gasteiger partial charge in [-0.25, -0.2) is 4.98 Å². The molecule has 96 valence electrons. The predicted octanol–water partition coefficient (Wildman–Crippen LogP) is 1.97. The van der Waals surface area contributed by atoms with Crippen LogP contribution in [0.2, 0.25) is 0 Å². The second kappa shape index (κ2) is 5.87. The number of aryl methyl sites for hydroxylation is 1. The average Bonchev–Trinajstić information content (AvgIpc) is 2.21. The number of anilines is 2. The highest BCUT2D eigenvalue weighted by Gasteiger charge is 2.15. The first-order valence-electron chi connectivity index (χ1n) is 6.04. The van der Waals surface area contributed by atoms with E-state index in [0.29, 0.717) is 17.6 Å². The Kier molecular flexibility index (Phi) is 4.75. The molecule has 1 aromatic rings. The summed E-state index contributed by atoms with van der Waals surface area (Å²) in [4.78, 5) is 6.62. The molecule has 1 heterocycles. The number of nitrogens with one attached hydrogen (secondary N) is 1. The number of likely N-dealkylation sites (N-methyl/N-ethyl adjacent to an activating group) is 1. The number of rotatable bonds is 5. The van der Waals surface area contributed by atoms with Crippen molar-refractivity contribution in [3.05, 3.63) is 17.8 Å². The van der Waals surface area contributed by atoms with Gasteiger partial charge in [0.25, 0.3) is 0 Å². The fourth-order valence-electron chi connectivity index (χ4n) is 1.68. The zero-order chi connectivity index (χ0) is 13.0. The van der Waals surface area contributed by atoms with Crippen LogP contribution >= 0.6 is 0 Å². The van der Waals surface area contributed by atoms with E-state index >= 15 is 0 Å². The molecule has 0 aliphatic rings. The van der Waals surface area contributed by atoms with Crippen LogP contribution in [0, 0.1) is 12.8 Å². The minimum absolute atomic E-state index is 0.349. The van der Waals surface area contributed by atoms with Crippen molar-refractivity contribution in [1.82, 2.24) is 9.88 Å². The zero-order valence-corrected chi connectivity index (χ0v) is 11.5. The van der Waals surface area contributed by atoms with Gasteiger partial charge in [0.15, 0.2) is 0 Å². The van der Waals surface area contributed by atoms with E-state index in [1.165, 1.54) is 0 Å². The maximum absolute atomic E-state index is 5.93. The van der Waals surface area contributed by atoms with Gasteiger partial charge >= 0.3 is 0 Å². The molecule has 1 rings (SSSR count). The Morgan fingerprint density at radius 3 is 2.53 bits per heavy atom. The second-order valence-electron chi connectivity index (χ2n) is 5.15. The Hall–Kier alpha value is -1.29. The van der Waals surface area contributed by atoms with Crippen molar-refractivity contribution in [2.75, 3.05) is 31.7 Å². The Morgan fingerprint density at radius 2 is 2.00 bits per heavy atom. The Balaban J connectivity index is 2.81. The highest BCUT2D eigenvalue weighted by Crippen LogP contribution is 2.18. The maximum atomic E-state index is 5.93. The molecule has 0 radical (unpaired) electrons. The van der Waals surface area contributed by atoms with Crippen molar-refractivity contribution in [3.63, 3.8) is 0 Å². The summed E-state index contributed by atoms with van der Waals surface area (Å²) in [5.41, 5.74) is 7.62. The Bertz CT molecular complexity index is 360. The number of nitrogens with two attached hydrogens (primary N) is 1. The molecular weight excluding hydrogens is 212 g/mol. The van der Waals surface area contributed by atoms with Gasteiger partial charge in [-0.05, 0) is 39.1 Å². The van der Waals surface area contributed by atoms with Crippen LogP contribution in [-0.4, -0.2) is 36.6 Å². The van der Waals surface area contributed by atoms with E-state index in [1.807, 2.05) is 19.1 Å². The van der Waals surface area contributed by atoms with E-state index in [1.54, 1.807) is 0 Å². The number of nitrogens with zero attached hydrogens (tertiary/aromatic N) is 2. The van der Waals surface area contributed by atoms with E-state index < -0.39 is 0 Å². The molecule has 0 aliphatic heterocycles. The highest BCUT2D eigenvalue weighted by molar-refractivity contribution is 5.61. The van der Waals surface area contributed by atoms with Crippen molar-refractivity contribution in [2.45, 2.75) is 26.8 Å². The zero-order valence-electron chi connectivity index (χ0n) is 11.5. The first kappa shape index (κ1) is 13.8. The molecule has 0 spiro atoms. The Labute approximate surface area is 104 Å². The van der Waals surface area contributed by atoms with Crippen LogP contribution in [0.1, 0.15) is 19.5 Å². The molecule has 1 unspecified atom stereocenters. The fourth-order valence-corrected chi connectivity index (χ4v) is 1.68. The van der Waals surface area contributed by atoms with Gasteiger partial charge in [-0.1, -0.05) is 13.8 Å². The standard InChI is InChI=1S/C13H24N4/c1-9(2)12(8-17(4)5)16-13-11(14)7-6-10(3)15-13/h6-7,9,12H,8,14H2,1-5H3,(H,15,16). The highest BCUT2D eigenvalue weighted by atomic mass is 15.1. The predicted molar refractivity (Wildman–Crippen MR) is 74.2 cm³/mol. The smallest absolute Gasteiger partial charge is 0.149 e. The van der Waals surface area contributed by atoms with Crippen molar-refractivity contribution >= 4 is 11.5 Å². The average molecular weight is 236 g/mol. The minimum atomic E-state index is 0.349. The third-order valence-corrected chi connectivity index (χ3v) is 2.75. The third kappa shape index (κ3) is 4.23. The van der Waals surface area contributed by atoms with Gasteiger partial charge in [0, 0.05) is 18.3 Å². The summed E-state index contributed by atoms with van der Waals surface area (Å²) in [5.74, 6) is 1.32. The second-order valence-corrected chi connectivity index (χ2v) is 5.15. The van der Waals surface area contributed by atoms with Crippen LogP contribution in [0.5, 0.6) is 0 Å². The van der Waals surface area contributed by atoms with E-state index in [0.717, 1.165) is 18.1 Å². The number of nitrogen functional groups attached to an aromatic ring is 1. The lowest BCUT2D eigenvalue weighted by molar-refractivity contribution is 0.344. The van der Waals surface area contributed by atoms with Crippen molar-refractivity contribution in [3.8, 4) is 0 Å². The lowest BCUT2D eigenvalue weighted by Crippen LogP contribution is -2.36. The third-order valence-electron chi connectivity index (χ3n) is 2.75. The number of pyridine rings is 1. The molecule has 0 amide bonds. The molecule has 0 saturated carbocycles. The molecule has 1 aromatic heterocycles. The Morgan fingerprint density at radius 1 is 1.35 bits per heavy atom. The maximum Gasteiger partial charge on any atom is 0.149 e. The quantitative estimate of drug-likeness (QED) is 0.820. The van der Waals surface area contributed by atoms with E-state index in [2.05, 4.69) is 43.1 Å². The van der Waals surface area contributed by atoms with Gasteiger partial charge in [0.1, 0.15) is 5.82 Å². The molecule has 17 heavy (non-hydrogen) atoms.